The number of nitrogens with zero attached hydrogens (tertiary/aromatic N) is 2. The molecule has 0 atom stereocenters. The van der Waals surface area contributed by atoms with Crippen LogP contribution in [0, 0.1) is 0 Å². The van der Waals surface area contributed by atoms with Crippen LogP contribution >= 0.6 is 0 Å². The first-order valence-corrected chi connectivity index (χ1v) is 7.65. The molecule has 0 unspecified atom stereocenters. The Morgan fingerprint density at radius 2 is 1.96 bits per heavy atom. The summed E-state index contributed by atoms with van der Waals surface area (Å²) >= 11 is 0. The third kappa shape index (κ3) is 3.79. The number of methoxy groups -OCH3 is 1. The van der Waals surface area contributed by atoms with Gasteiger partial charge in [0.25, 0.3) is 0 Å². The Labute approximate surface area is 147 Å². The van der Waals surface area contributed by atoms with Crippen molar-refractivity contribution in [2.24, 2.45) is 7.05 Å². The zero-order chi connectivity index (χ0) is 18.9. The Hall–Kier alpha value is -3.03. The Morgan fingerprint density at radius 1 is 1.19 bits per heavy atom. The number of fused-ring (bicyclic) bond motifs is 1. The van der Waals surface area contributed by atoms with Gasteiger partial charge in [0, 0.05) is 13.5 Å². The summed E-state index contributed by atoms with van der Waals surface area (Å²) < 4.78 is 47.5. The Kier molecular flexibility index (Phi) is 4.58. The molecule has 5 nitrogen and oxygen atoms in total. The molecule has 26 heavy (non-hydrogen) atoms. The van der Waals surface area contributed by atoms with E-state index in [4.69, 9.17) is 4.74 Å². The molecule has 0 saturated carbocycles. The summed E-state index contributed by atoms with van der Waals surface area (Å²) in [5.41, 5.74) is 2.41. The van der Waals surface area contributed by atoms with E-state index in [2.05, 4.69) is 9.72 Å². The molecule has 0 radical (unpaired) electrons. The van der Waals surface area contributed by atoms with E-state index in [1.807, 2.05) is 4.57 Å². The summed E-state index contributed by atoms with van der Waals surface area (Å²) in [6, 6.07) is 10.8. The smallest absolute Gasteiger partial charge is 0.465 e. The molecule has 0 bridgehead atoms. The lowest BCUT2D eigenvalue weighted by molar-refractivity contribution is -0.274. The van der Waals surface area contributed by atoms with Gasteiger partial charge in [0.05, 0.1) is 23.7 Å². The van der Waals surface area contributed by atoms with E-state index in [-0.39, 0.29) is 5.75 Å². The molecule has 3 rings (SSSR count). The monoisotopic (exact) mass is 364 g/mol. The van der Waals surface area contributed by atoms with Crippen molar-refractivity contribution in [1.29, 1.82) is 0 Å². The van der Waals surface area contributed by atoms with Crippen molar-refractivity contribution >= 4 is 17.0 Å². The Bertz CT molecular complexity index is 964. The Balaban J connectivity index is 1.90. The van der Waals surface area contributed by atoms with E-state index in [9.17, 15) is 18.0 Å². The number of ether oxygens (including phenoxy) is 2. The van der Waals surface area contributed by atoms with Gasteiger partial charge in [-0.15, -0.1) is 13.2 Å². The molecule has 1 aromatic heterocycles. The van der Waals surface area contributed by atoms with Crippen LogP contribution in [-0.2, 0) is 18.2 Å². The molecule has 0 aliphatic rings. The Morgan fingerprint density at radius 3 is 2.65 bits per heavy atom. The SMILES string of the molecule is COC(=O)c1ccc2c(c1)nc(Cc1cccc(OC(F)(F)F)c1)n2C. The lowest BCUT2D eigenvalue weighted by Crippen LogP contribution is -2.17. The summed E-state index contributed by atoms with van der Waals surface area (Å²) in [7, 11) is 3.10. The fourth-order valence-electron chi connectivity index (χ4n) is 2.69. The van der Waals surface area contributed by atoms with Crippen LogP contribution in [0.5, 0.6) is 5.75 Å². The highest BCUT2D eigenvalue weighted by Crippen LogP contribution is 2.25. The van der Waals surface area contributed by atoms with Gasteiger partial charge in [-0.05, 0) is 35.9 Å². The molecule has 0 aliphatic heterocycles. The molecule has 136 valence electrons. The third-order valence-corrected chi connectivity index (χ3v) is 3.89. The zero-order valence-corrected chi connectivity index (χ0v) is 14.0. The first-order chi connectivity index (χ1) is 12.3. The zero-order valence-electron chi connectivity index (χ0n) is 14.0. The number of carbonyl (C=O) groups excluding carboxylic acids is 1. The second-order valence-electron chi connectivity index (χ2n) is 5.65. The van der Waals surface area contributed by atoms with Crippen LogP contribution in [0.25, 0.3) is 11.0 Å². The first-order valence-electron chi connectivity index (χ1n) is 7.65. The van der Waals surface area contributed by atoms with Crippen molar-refractivity contribution < 1.29 is 27.4 Å². The lowest BCUT2D eigenvalue weighted by atomic mass is 10.1. The van der Waals surface area contributed by atoms with Crippen molar-refractivity contribution in [1.82, 2.24) is 9.55 Å². The highest BCUT2D eigenvalue weighted by Gasteiger charge is 2.31. The molecule has 0 spiro atoms. The summed E-state index contributed by atoms with van der Waals surface area (Å²) in [6.45, 7) is 0. The average Bonchev–Trinajstić information content (AvgIpc) is 2.88. The first kappa shape index (κ1) is 17.8. The number of halogens is 3. The maximum Gasteiger partial charge on any atom is 0.573 e. The van der Waals surface area contributed by atoms with Gasteiger partial charge in [-0.25, -0.2) is 9.78 Å². The van der Waals surface area contributed by atoms with Gasteiger partial charge in [0.15, 0.2) is 0 Å². The van der Waals surface area contributed by atoms with Crippen LogP contribution in [0.15, 0.2) is 42.5 Å². The largest absolute Gasteiger partial charge is 0.573 e. The molecule has 3 aromatic rings. The molecular formula is C18H15F3N2O3. The molecule has 0 fully saturated rings. The van der Waals surface area contributed by atoms with Crippen molar-refractivity contribution in [3.05, 3.63) is 59.4 Å². The standard InChI is InChI=1S/C18H15F3N2O3/c1-23-15-7-6-12(17(24)25-2)10-14(15)22-16(23)9-11-4-3-5-13(8-11)26-18(19,20)21/h3-8,10H,9H2,1-2H3. The van der Waals surface area contributed by atoms with E-state index >= 15 is 0 Å². The van der Waals surface area contributed by atoms with Crippen molar-refractivity contribution in [3.8, 4) is 5.75 Å². The topological polar surface area (TPSA) is 53.4 Å². The lowest BCUT2D eigenvalue weighted by Gasteiger charge is -2.10. The predicted octanol–water partition coefficient (Wildman–Crippen LogP) is 3.85. The van der Waals surface area contributed by atoms with E-state index in [0.717, 1.165) is 5.52 Å². The highest BCUT2D eigenvalue weighted by atomic mass is 19.4. The average molecular weight is 364 g/mol. The minimum atomic E-state index is -4.74. The highest BCUT2D eigenvalue weighted by molar-refractivity contribution is 5.93. The number of imidazole rings is 1. The summed E-state index contributed by atoms with van der Waals surface area (Å²) in [4.78, 5) is 16.1. The number of benzene rings is 2. The third-order valence-electron chi connectivity index (χ3n) is 3.89. The minimum absolute atomic E-state index is 0.276. The van der Waals surface area contributed by atoms with Gasteiger partial charge in [-0.2, -0.15) is 0 Å². The molecule has 0 saturated heterocycles. The van der Waals surface area contributed by atoms with E-state index in [0.29, 0.717) is 28.9 Å². The van der Waals surface area contributed by atoms with Gasteiger partial charge in [0.2, 0.25) is 0 Å². The van der Waals surface area contributed by atoms with Crippen LogP contribution in [0.3, 0.4) is 0 Å². The second kappa shape index (κ2) is 6.70. The van der Waals surface area contributed by atoms with Gasteiger partial charge in [-0.3, -0.25) is 0 Å². The number of esters is 1. The van der Waals surface area contributed by atoms with Gasteiger partial charge < -0.3 is 14.0 Å². The quantitative estimate of drug-likeness (QED) is 0.660. The molecule has 2 aromatic carbocycles. The fourth-order valence-corrected chi connectivity index (χ4v) is 2.69. The molecule has 0 aliphatic carbocycles. The van der Waals surface area contributed by atoms with E-state index in [1.54, 1.807) is 31.3 Å². The number of alkyl halides is 3. The summed E-state index contributed by atoms with van der Waals surface area (Å²) in [5.74, 6) is -0.0935. The fraction of sp³-hybridized carbons (Fsp3) is 0.222. The second-order valence-corrected chi connectivity index (χ2v) is 5.65. The van der Waals surface area contributed by atoms with Crippen molar-refractivity contribution in [3.63, 3.8) is 0 Å². The minimum Gasteiger partial charge on any atom is -0.465 e. The molecule has 0 N–H and O–H groups in total. The van der Waals surface area contributed by atoms with Gasteiger partial charge in [-0.1, -0.05) is 12.1 Å². The number of hydrogen-bond acceptors (Lipinski definition) is 4. The van der Waals surface area contributed by atoms with E-state index < -0.39 is 12.3 Å². The number of aromatic nitrogens is 2. The van der Waals surface area contributed by atoms with Gasteiger partial charge in [0.1, 0.15) is 11.6 Å². The number of carbonyl (C=O) groups is 1. The van der Waals surface area contributed by atoms with Crippen LogP contribution in [0.4, 0.5) is 13.2 Å². The number of aryl methyl sites for hydroxylation is 1. The maximum atomic E-state index is 12.4. The predicted molar refractivity (Wildman–Crippen MR) is 88.0 cm³/mol. The van der Waals surface area contributed by atoms with Gasteiger partial charge >= 0.3 is 12.3 Å². The maximum absolute atomic E-state index is 12.4. The number of hydrogen-bond donors (Lipinski definition) is 0. The van der Waals surface area contributed by atoms with Crippen LogP contribution in [-0.4, -0.2) is 29.0 Å². The molecular weight excluding hydrogens is 349 g/mol. The van der Waals surface area contributed by atoms with Crippen LogP contribution in [0.1, 0.15) is 21.7 Å². The van der Waals surface area contributed by atoms with Crippen LogP contribution < -0.4 is 4.74 Å². The molecule has 8 heteroatoms. The molecule has 1 heterocycles. The summed E-state index contributed by atoms with van der Waals surface area (Å²) in [6.07, 6.45) is -4.42. The van der Waals surface area contributed by atoms with Crippen molar-refractivity contribution in [2.45, 2.75) is 12.8 Å². The van der Waals surface area contributed by atoms with Crippen molar-refractivity contribution in [2.75, 3.05) is 7.11 Å². The van der Waals surface area contributed by atoms with Crippen LogP contribution in [0.2, 0.25) is 0 Å². The van der Waals surface area contributed by atoms with E-state index in [1.165, 1.54) is 25.3 Å². The number of rotatable bonds is 4. The summed E-state index contributed by atoms with van der Waals surface area (Å²) in [5, 5.41) is 0. The normalized spacial score (nSPS) is 11.6. The molecule has 0 amide bonds.